The smallest absolute Gasteiger partial charge is 0.251 e. The number of hydrogen-bond acceptors (Lipinski definition) is 2. The van der Waals surface area contributed by atoms with Crippen LogP contribution >= 0.6 is 0 Å². The van der Waals surface area contributed by atoms with Crippen molar-refractivity contribution in [3.63, 3.8) is 0 Å². The fourth-order valence-electron chi connectivity index (χ4n) is 2.58. The SMILES string of the molecule is O=C(NCC1(CCO)CC1)c1cccc2[nH]ccc12. The van der Waals surface area contributed by atoms with Gasteiger partial charge in [-0.3, -0.25) is 4.79 Å². The predicted octanol–water partition coefficient (Wildman–Crippen LogP) is 2.06. The molecule has 1 fully saturated rings. The van der Waals surface area contributed by atoms with Gasteiger partial charge >= 0.3 is 0 Å². The molecule has 3 rings (SSSR count). The number of aromatic amines is 1. The van der Waals surface area contributed by atoms with E-state index in [0.717, 1.165) is 30.2 Å². The van der Waals surface area contributed by atoms with Crippen molar-refractivity contribution < 1.29 is 9.90 Å². The Labute approximate surface area is 111 Å². The number of carbonyl (C=O) groups excluding carboxylic acids is 1. The Morgan fingerprint density at radius 1 is 1.37 bits per heavy atom. The Kier molecular flexibility index (Phi) is 3.03. The van der Waals surface area contributed by atoms with Crippen molar-refractivity contribution in [2.75, 3.05) is 13.2 Å². The standard InChI is InChI=1S/C15H18N2O2/c18-9-7-15(5-6-15)10-17-14(19)12-2-1-3-13-11(12)4-8-16-13/h1-4,8,16,18H,5-7,9-10H2,(H,17,19). The summed E-state index contributed by atoms with van der Waals surface area (Å²) >= 11 is 0. The second kappa shape index (κ2) is 4.70. The van der Waals surface area contributed by atoms with Crippen LogP contribution in [0.3, 0.4) is 0 Å². The molecular weight excluding hydrogens is 240 g/mol. The minimum Gasteiger partial charge on any atom is -0.396 e. The monoisotopic (exact) mass is 258 g/mol. The number of aliphatic hydroxyl groups excluding tert-OH is 1. The van der Waals surface area contributed by atoms with E-state index in [-0.39, 0.29) is 17.9 Å². The van der Waals surface area contributed by atoms with Crippen LogP contribution in [0.1, 0.15) is 29.6 Å². The fraction of sp³-hybridized carbons (Fsp3) is 0.400. The molecule has 100 valence electrons. The zero-order valence-corrected chi connectivity index (χ0v) is 10.8. The Morgan fingerprint density at radius 3 is 2.95 bits per heavy atom. The van der Waals surface area contributed by atoms with Gasteiger partial charge in [0.25, 0.3) is 5.91 Å². The summed E-state index contributed by atoms with van der Waals surface area (Å²) in [4.78, 5) is 15.4. The molecule has 0 saturated heterocycles. The van der Waals surface area contributed by atoms with E-state index in [4.69, 9.17) is 5.11 Å². The lowest BCUT2D eigenvalue weighted by atomic mass is 10.0. The van der Waals surface area contributed by atoms with Crippen molar-refractivity contribution in [1.29, 1.82) is 0 Å². The Morgan fingerprint density at radius 2 is 2.21 bits per heavy atom. The molecule has 4 heteroatoms. The van der Waals surface area contributed by atoms with E-state index in [9.17, 15) is 4.79 Å². The van der Waals surface area contributed by atoms with Gasteiger partial charge in [-0.25, -0.2) is 0 Å². The van der Waals surface area contributed by atoms with Gasteiger partial charge in [-0.2, -0.15) is 0 Å². The topological polar surface area (TPSA) is 65.1 Å². The second-order valence-corrected chi connectivity index (χ2v) is 5.40. The van der Waals surface area contributed by atoms with Crippen LogP contribution in [-0.4, -0.2) is 29.1 Å². The van der Waals surface area contributed by atoms with Crippen molar-refractivity contribution in [2.24, 2.45) is 5.41 Å². The van der Waals surface area contributed by atoms with Gasteiger partial charge in [0.05, 0.1) is 0 Å². The van der Waals surface area contributed by atoms with Crippen molar-refractivity contribution in [3.05, 3.63) is 36.0 Å². The molecule has 4 nitrogen and oxygen atoms in total. The molecule has 0 aliphatic heterocycles. The van der Waals surface area contributed by atoms with E-state index < -0.39 is 0 Å². The summed E-state index contributed by atoms with van der Waals surface area (Å²) < 4.78 is 0. The average Bonchev–Trinajstić information content (AvgIpc) is 3.01. The van der Waals surface area contributed by atoms with Crippen molar-refractivity contribution in [2.45, 2.75) is 19.3 Å². The number of amides is 1. The molecular formula is C15H18N2O2. The van der Waals surface area contributed by atoms with Crippen LogP contribution in [0.2, 0.25) is 0 Å². The van der Waals surface area contributed by atoms with Gasteiger partial charge in [-0.1, -0.05) is 6.07 Å². The van der Waals surface area contributed by atoms with Crippen LogP contribution in [0.4, 0.5) is 0 Å². The van der Waals surface area contributed by atoms with E-state index in [1.165, 1.54) is 0 Å². The number of aromatic nitrogens is 1. The van der Waals surface area contributed by atoms with Gasteiger partial charge < -0.3 is 15.4 Å². The number of carbonyl (C=O) groups is 1. The third kappa shape index (κ3) is 2.36. The lowest BCUT2D eigenvalue weighted by Gasteiger charge is -2.14. The second-order valence-electron chi connectivity index (χ2n) is 5.40. The zero-order valence-electron chi connectivity index (χ0n) is 10.8. The summed E-state index contributed by atoms with van der Waals surface area (Å²) in [6, 6.07) is 7.61. The van der Waals surface area contributed by atoms with Crippen LogP contribution in [0.5, 0.6) is 0 Å². The predicted molar refractivity (Wildman–Crippen MR) is 74.0 cm³/mol. The third-order valence-electron chi connectivity index (χ3n) is 4.06. The van der Waals surface area contributed by atoms with Crippen LogP contribution in [0.15, 0.2) is 30.5 Å². The van der Waals surface area contributed by atoms with E-state index in [1.807, 2.05) is 30.5 Å². The number of fused-ring (bicyclic) bond motifs is 1. The van der Waals surface area contributed by atoms with E-state index in [2.05, 4.69) is 10.3 Å². The maximum Gasteiger partial charge on any atom is 0.251 e. The molecule has 19 heavy (non-hydrogen) atoms. The highest BCUT2D eigenvalue weighted by Crippen LogP contribution is 2.47. The highest BCUT2D eigenvalue weighted by Gasteiger charge is 2.41. The Balaban J connectivity index is 1.72. The van der Waals surface area contributed by atoms with E-state index >= 15 is 0 Å². The quantitative estimate of drug-likeness (QED) is 0.768. The molecule has 0 radical (unpaired) electrons. The number of hydrogen-bond donors (Lipinski definition) is 3. The van der Waals surface area contributed by atoms with Gasteiger partial charge in [0.2, 0.25) is 0 Å². The number of rotatable bonds is 5. The summed E-state index contributed by atoms with van der Waals surface area (Å²) in [6.07, 6.45) is 4.82. The number of benzene rings is 1. The van der Waals surface area contributed by atoms with Gasteiger partial charge in [-0.15, -0.1) is 0 Å². The summed E-state index contributed by atoms with van der Waals surface area (Å²) in [5.41, 5.74) is 1.83. The molecule has 2 aromatic rings. The molecule has 1 aromatic heterocycles. The lowest BCUT2D eigenvalue weighted by molar-refractivity contribution is 0.0942. The first-order valence-corrected chi connectivity index (χ1v) is 6.69. The van der Waals surface area contributed by atoms with Crippen molar-refractivity contribution >= 4 is 16.8 Å². The molecule has 0 spiro atoms. The molecule has 1 heterocycles. The van der Waals surface area contributed by atoms with Gasteiger partial charge in [0.15, 0.2) is 0 Å². The molecule has 0 bridgehead atoms. The van der Waals surface area contributed by atoms with E-state index in [1.54, 1.807) is 0 Å². The normalized spacial score (nSPS) is 16.5. The summed E-state index contributed by atoms with van der Waals surface area (Å²) in [7, 11) is 0. The van der Waals surface area contributed by atoms with Crippen LogP contribution in [0, 0.1) is 5.41 Å². The lowest BCUT2D eigenvalue weighted by Crippen LogP contribution is -2.30. The van der Waals surface area contributed by atoms with Crippen LogP contribution in [0.25, 0.3) is 10.9 Å². The average molecular weight is 258 g/mol. The summed E-state index contributed by atoms with van der Waals surface area (Å²) in [5.74, 6) is -0.0329. The maximum absolute atomic E-state index is 12.2. The highest BCUT2D eigenvalue weighted by molar-refractivity contribution is 6.06. The van der Waals surface area contributed by atoms with Gasteiger partial charge in [0.1, 0.15) is 0 Å². The summed E-state index contributed by atoms with van der Waals surface area (Å²) in [5, 5.41) is 13.0. The first-order valence-electron chi connectivity index (χ1n) is 6.69. The zero-order chi connectivity index (χ0) is 13.3. The molecule has 3 N–H and O–H groups in total. The summed E-state index contributed by atoms with van der Waals surface area (Å²) in [6.45, 7) is 0.858. The van der Waals surface area contributed by atoms with Gasteiger partial charge in [0, 0.05) is 35.8 Å². The van der Waals surface area contributed by atoms with Crippen molar-refractivity contribution in [1.82, 2.24) is 10.3 Å². The first kappa shape index (κ1) is 12.2. The maximum atomic E-state index is 12.2. The Bertz CT molecular complexity index is 599. The number of nitrogens with one attached hydrogen (secondary N) is 2. The molecule has 1 aliphatic carbocycles. The molecule has 1 saturated carbocycles. The molecule has 1 amide bonds. The minimum absolute atomic E-state index is 0.0329. The molecule has 0 unspecified atom stereocenters. The third-order valence-corrected chi connectivity index (χ3v) is 4.06. The molecule has 0 atom stereocenters. The highest BCUT2D eigenvalue weighted by atomic mass is 16.3. The molecule has 1 aliphatic rings. The number of aliphatic hydroxyl groups is 1. The molecule has 1 aromatic carbocycles. The minimum atomic E-state index is -0.0329. The van der Waals surface area contributed by atoms with Crippen LogP contribution < -0.4 is 5.32 Å². The Hall–Kier alpha value is -1.81. The van der Waals surface area contributed by atoms with Crippen LogP contribution in [-0.2, 0) is 0 Å². The van der Waals surface area contributed by atoms with E-state index in [0.29, 0.717) is 12.1 Å². The first-order chi connectivity index (χ1) is 9.24. The van der Waals surface area contributed by atoms with Crippen molar-refractivity contribution in [3.8, 4) is 0 Å². The fourth-order valence-corrected chi connectivity index (χ4v) is 2.58. The largest absolute Gasteiger partial charge is 0.396 e. The van der Waals surface area contributed by atoms with Gasteiger partial charge in [-0.05, 0) is 42.9 Å². The number of H-pyrrole nitrogens is 1.